The van der Waals surface area contributed by atoms with Crippen LogP contribution in [0.4, 0.5) is 0 Å². The quantitative estimate of drug-likeness (QED) is 0.684. The van der Waals surface area contributed by atoms with E-state index in [0.717, 1.165) is 18.7 Å². The van der Waals surface area contributed by atoms with Crippen molar-refractivity contribution in [2.45, 2.75) is 13.1 Å². The summed E-state index contributed by atoms with van der Waals surface area (Å²) in [5.41, 5.74) is 2.88. The lowest BCUT2D eigenvalue weighted by atomic mass is 10.1. The molecule has 6 nitrogen and oxygen atoms in total. The topological polar surface area (TPSA) is 87.3 Å². The van der Waals surface area contributed by atoms with E-state index in [4.69, 9.17) is 0 Å². The number of rotatable bonds is 5. The highest BCUT2D eigenvalue weighted by molar-refractivity contribution is 7.89. The van der Waals surface area contributed by atoms with Crippen LogP contribution in [0.5, 0.6) is 0 Å². The van der Waals surface area contributed by atoms with Crippen molar-refractivity contribution < 1.29 is 13.2 Å². The number of hydrogen-bond donors (Lipinski definition) is 3. The van der Waals surface area contributed by atoms with Gasteiger partial charge in [0.15, 0.2) is 0 Å². The molecule has 1 aromatic carbocycles. The third-order valence-corrected chi connectivity index (χ3v) is 4.43. The van der Waals surface area contributed by atoms with Gasteiger partial charge in [-0.25, -0.2) is 13.1 Å². The van der Waals surface area contributed by atoms with Crippen molar-refractivity contribution in [3.8, 4) is 0 Å². The Morgan fingerprint density at radius 3 is 2.79 bits per heavy atom. The first-order chi connectivity index (χ1) is 9.02. The van der Waals surface area contributed by atoms with Crippen LogP contribution >= 0.6 is 0 Å². The highest BCUT2D eigenvalue weighted by Crippen LogP contribution is 2.16. The largest absolute Gasteiger partial charge is 0.351 e. The van der Waals surface area contributed by atoms with Crippen molar-refractivity contribution in [3.63, 3.8) is 0 Å². The first-order valence-corrected chi connectivity index (χ1v) is 7.69. The van der Waals surface area contributed by atoms with Crippen LogP contribution in [0.2, 0.25) is 0 Å². The van der Waals surface area contributed by atoms with E-state index in [2.05, 4.69) is 15.4 Å². The Morgan fingerprint density at radius 2 is 2.05 bits per heavy atom. The van der Waals surface area contributed by atoms with Crippen LogP contribution in [-0.4, -0.2) is 33.7 Å². The molecule has 0 aliphatic carbocycles. The molecule has 1 aliphatic heterocycles. The van der Waals surface area contributed by atoms with Crippen LogP contribution in [0.3, 0.4) is 0 Å². The van der Waals surface area contributed by atoms with Crippen LogP contribution in [0, 0.1) is 0 Å². The smallest absolute Gasteiger partial charge is 0.251 e. The van der Waals surface area contributed by atoms with Gasteiger partial charge in [0.05, 0.1) is 5.75 Å². The van der Waals surface area contributed by atoms with Crippen LogP contribution in [0.1, 0.15) is 21.5 Å². The van der Waals surface area contributed by atoms with Crippen molar-refractivity contribution >= 4 is 15.9 Å². The molecule has 7 heteroatoms. The summed E-state index contributed by atoms with van der Waals surface area (Å²) >= 11 is 0. The summed E-state index contributed by atoms with van der Waals surface area (Å²) in [6.07, 6.45) is 0. The van der Waals surface area contributed by atoms with Gasteiger partial charge in [0, 0.05) is 25.2 Å². The molecular weight excluding hydrogens is 266 g/mol. The summed E-state index contributed by atoms with van der Waals surface area (Å²) in [5.74, 6) is -0.372. The zero-order valence-electron chi connectivity index (χ0n) is 10.7. The van der Waals surface area contributed by atoms with Gasteiger partial charge in [-0.1, -0.05) is 6.07 Å². The maximum Gasteiger partial charge on any atom is 0.251 e. The SMILES string of the molecule is CNS(=O)(=O)CCNC(=O)c1ccc2c(c1)CNC2. The number of amides is 1. The average Bonchev–Trinajstić information content (AvgIpc) is 2.85. The third-order valence-electron chi connectivity index (χ3n) is 3.07. The van der Waals surface area contributed by atoms with Crippen LogP contribution in [-0.2, 0) is 23.1 Å². The number of benzene rings is 1. The molecule has 0 radical (unpaired) electrons. The Balaban J connectivity index is 1.94. The van der Waals surface area contributed by atoms with E-state index < -0.39 is 10.0 Å². The fourth-order valence-corrected chi connectivity index (χ4v) is 2.51. The highest BCUT2D eigenvalue weighted by atomic mass is 32.2. The molecule has 0 atom stereocenters. The Morgan fingerprint density at radius 1 is 1.32 bits per heavy atom. The zero-order valence-corrected chi connectivity index (χ0v) is 11.5. The molecule has 1 aromatic rings. The van der Waals surface area contributed by atoms with Crippen LogP contribution < -0.4 is 15.4 Å². The molecule has 2 rings (SSSR count). The summed E-state index contributed by atoms with van der Waals surface area (Å²) in [4.78, 5) is 11.9. The summed E-state index contributed by atoms with van der Waals surface area (Å²) in [5, 5.41) is 5.81. The number of sulfonamides is 1. The molecule has 0 spiro atoms. The van der Waals surface area contributed by atoms with E-state index in [9.17, 15) is 13.2 Å². The first kappa shape index (κ1) is 14.0. The number of carbonyl (C=O) groups excluding carboxylic acids is 1. The molecular formula is C12H17N3O3S. The summed E-state index contributed by atoms with van der Waals surface area (Å²) in [6, 6.07) is 5.53. The van der Waals surface area contributed by atoms with Crippen LogP contribution in [0.15, 0.2) is 18.2 Å². The van der Waals surface area contributed by atoms with Crippen molar-refractivity contribution in [1.82, 2.24) is 15.4 Å². The molecule has 1 amide bonds. The Labute approximate surface area is 112 Å². The Bertz CT molecular complexity index is 584. The predicted molar refractivity (Wildman–Crippen MR) is 72.2 cm³/mol. The van der Waals surface area contributed by atoms with E-state index in [1.165, 1.54) is 12.6 Å². The highest BCUT2D eigenvalue weighted by Gasteiger charge is 2.14. The van der Waals surface area contributed by atoms with Gasteiger partial charge in [0.1, 0.15) is 0 Å². The molecule has 0 aromatic heterocycles. The minimum absolute atomic E-state index is 0.0946. The monoisotopic (exact) mass is 283 g/mol. The molecule has 0 unspecified atom stereocenters. The van der Waals surface area contributed by atoms with Gasteiger partial charge in [-0.15, -0.1) is 0 Å². The first-order valence-electron chi connectivity index (χ1n) is 6.04. The molecule has 3 N–H and O–H groups in total. The molecule has 1 heterocycles. The Kier molecular flexibility index (Phi) is 4.18. The van der Waals surface area contributed by atoms with Gasteiger partial charge in [-0.3, -0.25) is 4.79 Å². The van der Waals surface area contributed by atoms with Gasteiger partial charge in [-0.2, -0.15) is 0 Å². The van der Waals surface area contributed by atoms with E-state index in [1.807, 2.05) is 12.1 Å². The average molecular weight is 283 g/mol. The van der Waals surface area contributed by atoms with Gasteiger partial charge in [0.2, 0.25) is 10.0 Å². The normalized spacial score (nSPS) is 14.2. The standard InChI is InChI=1S/C12H17N3O3S/c1-13-19(17,18)5-4-15-12(16)9-2-3-10-7-14-8-11(10)6-9/h2-3,6,13-14H,4-5,7-8H2,1H3,(H,15,16). The van der Waals surface area contributed by atoms with Gasteiger partial charge < -0.3 is 10.6 Å². The zero-order chi connectivity index (χ0) is 13.9. The van der Waals surface area contributed by atoms with E-state index in [1.54, 1.807) is 6.07 Å². The molecule has 0 fully saturated rings. The van der Waals surface area contributed by atoms with Gasteiger partial charge >= 0.3 is 0 Å². The summed E-state index contributed by atoms with van der Waals surface area (Å²) in [7, 11) is -1.93. The minimum atomic E-state index is -3.28. The van der Waals surface area contributed by atoms with E-state index >= 15 is 0 Å². The van der Waals surface area contributed by atoms with E-state index in [-0.39, 0.29) is 18.2 Å². The number of nitrogens with one attached hydrogen (secondary N) is 3. The second-order valence-corrected chi connectivity index (χ2v) is 6.41. The molecule has 19 heavy (non-hydrogen) atoms. The second kappa shape index (κ2) is 5.68. The number of fused-ring (bicyclic) bond motifs is 1. The Hall–Kier alpha value is -1.44. The molecule has 0 saturated carbocycles. The number of hydrogen-bond acceptors (Lipinski definition) is 4. The molecule has 0 saturated heterocycles. The van der Waals surface area contributed by atoms with Crippen LogP contribution in [0.25, 0.3) is 0 Å². The predicted octanol–water partition coefficient (Wildman–Crippen LogP) is -0.431. The lowest BCUT2D eigenvalue weighted by Gasteiger charge is -2.07. The molecule has 104 valence electrons. The lowest BCUT2D eigenvalue weighted by Crippen LogP contribution is -2.33. The summed E-state index contributed by atoms with van der Waals surface area (Å²) in [6.45, 7) is 1.69. The fraction of sp³-hybridized carbons (Fsp3) is 0.417. The fourth-order valence-electron chi connectivity index (χ4n) is 1.94. The number of carbonyl (C=O) groups is 1. The van der Waals surface area contributed by atoms with E-state index in [0.29, 0.717) is 5.56 Å². The molecule has 0 bridgehead atoms. The lowest BCUT2D eigenvalue weighted by molar-refractivity contribution is 0.0956. The summed E-state index contributed by atoms with van der Waals surface area (Å²) < 4.78 is 24.6. The second-order valence-electron chi connectivity index (χ2n) is 4.37. The van der Waals surface area contributed by atoms with Crippen molar-refractivity contribution in [2.24, 2.45) is 0 Å². The maximum absolute atomic E-state index is 11.9. The third kappa shape index (κ3) is 3.52. The molecule has 1 aliphatic rings. The van der Waals surface area contributed by atoms with Gasteiger partial charge in [-0.05, 0) is 30.3 Å². The van der Waals surface area contributed by atoms with Crippen molar-refractivity contribution in [3.05, 3.63) is 34.9 Å². The van der Waals surface area contributed by atoms with Gasteiger partial charge in [0.25, 0.3) is 5.91 Å². The minimum Gasteiger partial charge on any atom is -0.351 e. The van der Waals surface area contributed by atoms with Crippen molar-refractivity contribution in [1.29, 1.82) is 0 Å². The maximum atomic E-state index is 11.9. The van der Waals surface area contributed by atoms with Crippen molar-refractivity contribution in [2.75, 3.05) is 19.3 Å².